The average Bonchev–Trinajstić information content (AvgIpc) is 2.49. The van der Waals surface area contributed by atoms with Crippen LogP contribution in [0, 0.1) is 0 Å². The molecule has 0 heterocycles. The first kappa shape index (κ1) is 17.8. The minimum atomic E-state index is -2.94. The van der Waals surface area contributed by atoms with Gasteiger partial charge in [-0.05, 0) is 18.9 Å². The van der Waals surface area contributed by atoms with Gasteiger partial charge in [0.25, 0.3) is 0 Å². The predicted octanol–water partition coefficient (Wildman–Crippen LogP) is 2.14. The molecule has 5 nitrogen and oxygen atoms in total. The molecule has 120 valence electrons. The maximum Gasteiger partial charge on any atom is 0.150 e. The zero-order chi connectivity index (χ0) is 15.7. The molecule has 1 aromatic carbocycles. The molecule has 0 spiro atoms. The zero-order valence-electron chi connectivity index (χ0n) is 12.8. The fourth-order valence-electron chi connectivity index (χ4n) is 1.75. The van der Waals surface area contributed by atoms with Gasteiger partial charge in [0.05, 0.1) is 19.0 Å². The van der Waals surface area contributed by atoms with Crippen LogP contribution in [0.4, 0.5) is 0 Å². The van der Waals surface area contributed by atoms with Gasteiger partial charge in [0.1, 0.15) is 21.3 Å². The molecule has 2 N–H and O–H groups in total. The van der Waals surface area contributed by atoms with Crippen molar-refractivity contribution in [2.45, 2.75) is 33.2 Å². The summed E-state index contributed by atoms with van der Waals surface area (Å²) >= 11 is 0. The molecule has 0 radical (unpaired) electrons. The Kier molecular flexibility index (Phi) is 7.53. The van der Waals surface area contributed by atoms with Crippen molar-refractivity contribution in [1.29, 1.82) is 0 Å². The normalized spacial score (nSPS) is 11.4. The Morgan fingerprint density at radius 3 is 2.52 bits per heavy atom. The highest BCUT2D eigenvalue weighted by Crippen LogP contribution is 2.25. The second kappa shape index (κ2) is 8.89. The van der Waals surface area contributed by atoms with Gasteiger partial charge in [-0.25, -0.2) is 8.42 Å². The summed E-state index contributed by atoms with van der Waals surface area (Å²) in [5, 5.41) is 0. The molecule has 0 fully saturated rings. The molecule has 0 saturated carbocycles. The first-order valence-corrected chi connectivity index (χ1v) is 9.13. The third kappa shape index (κ3) is 6.35. The molecule has 21 heavy (non-hydrogen) atoms. The number of sulfone groups is 1. The van der Waals surface area contributed by atoms with Gasteiger partial charge in [-0.2, -0.15) is 0 Å². The highest BCUT2D eigenvalue weighted by Gasteiger charge is 2.08. The summed E-state index contributed by atoms with van der Waals surface area (Å²) in [6.45, 7) is 5.06. The number of hydrogen-bond acceptors (Lipinski definition) is 5. The highest BCUT2D eigenvalue weighted by atomic mass is 32.2. The Labute approximate surface area is 127 Å². The summed E-state index contributed by atoms with van der Waals surface area (Å²) in [4.78, 5) is 0. The largest absolute Gasteiger partial charge is 0.493 e. The third-order valence-corrected chi connectivity index (χ3v) is 4.82. The summed E-state index contributed by atoms with van der Waals surface area (Å²) in [6.07, 6.45) is 1.41. The zero-order valence-corrected chi connectivity index (χ0v) is 13.6. The monoisotopic (exact) mass is 315 g/mol. The van der Waals surface area contributed by atoms with Gasteiger partial charge < -0.3 is 15.2 Å². The van der Waals surface area contributed by atoms with E-state index in [0.29, 0.717) is 31.9 Å². The minimum absolute atomic E-state index is 0.146. The van der Waals surface area contributed by atoms with E-state index in [9.17, 15) is 8.42 Å². The van der Waals surface area contributed by atoms with Crippen LogP contribution in [-0.2, 0) is 16.4 Å². The average molecular weight is 315 g/mol. The van der Waals surface area contributed by atoms with E-state index in [1.165, 1.54) is 0 Å². The van der Waals surface area contributed by atoms with E-state index in [1.807, 2.05) is 25.1 Å². The van der Waals surface area contributed by atoms with Crippen molar-refractivity contribution in [1.82, 2.24) is 0 Å². The van der Waals surface area contributed by atoms with Gasteiger partial charge in [-0.15, -0.1) is 0 Å². The van der Waals surface area contributed by atoms with Crippen LogP contribution in [0.3, 0.4) is 0 Å². The van der Waals surface area contributed by atoms with Gasteiger partial charge in [0.2, 0.25) is 0 Å². The Morgan fingerprint density at radius 2 is 1.90 bits per heavy atom. The summed E-state index contributed by atoms with van der Waals surface area (Å²) in [5.41, 5.74) is 6.57. The summed E-state index contributed by atoms with van der Waals surface area (Å²) in [7, 11) is -2.94. The Hall–Kier alpha value is -1.27. The first-order chi connectivity index (χ1) is 10.0. The van der Waals surface area contributed by atoms with E-state index in [4.69, 9.17) is 15.2 Å². The standard InChI is InChI=1S/C15H25NO4S/c1-3-8-19-14-7-6-13(12-16)15(11-14)20-9-5-10-21(17,18)4-2/h6-7,11H,3-5,8-10,12,16H2,1-2H3. The van der Waals surface area contributed by atoms with Crippen molar-refractivity contribution >= 4 is 9.84 Å². The number of hydrogen-bond donors (Lipinski definition) is 1. The number of benzene rings is 1. The third-order valence-electron chi connectivity index (χ3n) is 3.03. The molecule has 0 amide bonds. The van der Waals surface area contributed by atoms with Crippen molar-refractivity contribution in [3.63, 3.8) is 0 Å². The van der Waals surface area contributed by atoms with Crippen molar-refractivity contribution in [2.24, 2.45) is 5.73 Å². The quantitative estimate of drug-likeness (QED) is 0.669. The smallest absolute Gasteiger partial charge is 0.150 e. The summed E-state index contributed by atoms with van der Waals surface area (Å²) in [6, 6.07) is 5.56. The minimum Gasteiger partial charge on any atom is -0.493 e. The van der Waals surface area contributed by atoms with Crippen LogP contribution < -0.4 is 15.2 Å². The molecule has 1 rings (SSSR count). The highest BCUT2D eigenvalue weighted by molar-refractivity contribution is 7.91. The van der Waals surface area contributed by atoms with Gasteiger partial charge in [-0.1, -0.05) is 19.9 Å². The lowest BCUT2D eigenvalue weighted by Gasteiger charge is -2.13. The second-order valence-corrected chi connectivity index (χ2v) is 7.23. The Balaban J connectivity index is 2.59. The fourth-order valence-corrected chi connectivity index (χ4v) is 2.60. The van der Waals surface area contributed by atoms with Crippen LogP contribution in [0.15, 0.2) is 18.2 Å². The number of nitrogens with two attached hydrogens (primary N) is 1. The molecule has 0 aromatic heterocycles. The van der Waals surface area contributed by atoms with Crippen LogP contribution in [0.1, 0.15) is 32.3 Å². The summed E-state index contributed by atoms with van der Waals surface area (Å²) < 4.78 is 34.0. The van der Waals surface area contributed by atoms with Gasteiger partial charge in [0, 0.05) is 23.9 Å². The van der Waals surface area contributed by atoms with Crippen molar-refractivity contribution in [3.05, 3.63) is 23.8 Å². The van der Waals surface area contributed by atoms with Crippen molar-refractivity contribution in [3.8, 4) is 11.5 Å². The molecule has 6 heteroatoms. The van der Waals surface area contributed by atoms with E-state index in [0.717, 1.165) is 17.7 Å². The SMILES string of the molecule is CCCOc1ccc(CN)c(OCCCS(=O)(=O)CC)c1. The van der Waals surface area contributed by atoms with Crippen LogP contribution in [-0.4, -0.2) is 33.1 Å². The lowest BCUT2D eigenvalue weighted by molar-refractivity contribution is 0.299. The van der Waals surface area contributed by atoms with E-state index < -0.39 is 9.84 Å². The first-order valence-electron chi connectivity index (χ1n) is 7.31. The topological polar surface area (TPSA) is 78.6 Å². The fraction of sp³-hybridized carbons (Fsp3) is 0.600. The van der Waals surface area contributed by atoms with Gasteiger partial charge in [-0.3, -0.25) is 0 Å². The Bertz CT molecular complexity index is 528. The van der Waals surface area contributed by atoms with Crippen molar-refractivity contribution < 1.29 is 17.9 Å². The molecular formula is C15H25NO4S. The lowest BCUT2D eigenvalue weighted by Crippen LogP contribution is -2.12. The molecule has 0 bridgehead atoms. The van der Waals surface area contributed by atoms with Crippen LogP contribution in [0.25, 0.3) is 0 Å². The Morgan fingerprint density at radius 1 is 1.14 bits per heavy atom. The molecule has 0 atom stereocenters. The predicted molar refractivity (Wildman–Crippen MR) is 84.6 cm³/mol. The maximum atomic E-state index is 11.4. The van der Waals surface area contributed by atoms with Crippen LogP contribution >= 0.6 is 0 Å². The van der Waals surface area contributed by atoms with E-state index in [2.05, 4.69) is 0 Å². The molecular weight excluding hydrogens is 290 g/mol. The van der Waals surface area contributed by atoms with Gasteiger partial charge in [0.15, 0.2) is 0 Å². The lowest BCUT2D eigenvalue weighted by atomic mass is 10.2. The molecule has 1 aromatic rings. The van der Waals surface area contributed by atoms with Crippen LogP contribution in [0.5, 0.6) is 11.5 Å². The maximum absolute atomic E-state index is 11.4. The van der Waals surface area contributed by atoms with Crippen LogP contribution in [0.2, 0.25) is 0 Å². The molecule has 0 unspecified atom stereocenters. The van der Waals surface area contributed by atoms with E-state index in [-0.39, 0.29) is 11.5 Å². The molecule has 0 aliphatic heterocycles. The molecule has 0 aliphatic carbocycles. The van der Waals surface area contributed by atoms with Crippen molar-refractivity contribution in [2.75, 3.05) is 24.7 Å². The molecule has 0 aliphatic rings. The second-order valence-electron chi connectivity index (χ2n) is 4.76. The van der Waals surface area contributed by atoms with Gasteiger partial charge >= 0.3 is 0 Å². The van der Waals surface area contributed by atoms with E-state index in [1.54, 1.807) is 6.92 Å². The van der Waals surface area contributed by atoms with E-state index >= 15 is 0 Å². The molecule has 0 saturated heterocycles. The summed E-state index contributed by atoms with van der Waals surface area (Å²) in [5.74, 6) is 1.72. The number of rotatable bonds is 10. The number of ether oxygens (including phenoxy) is 2.